The van der Waals surface area contributed by atoms with Gasteiger partial charge in [0, 0.05) is 25.4 Å². The van der Waals surface area contributed by atoms with Crippen LogP contribution in [0.3, 0.4) is 0 Å². The zero-order chi connectivity index (χ0) is 17.2. The van der Waals surface area contributed by atoms with E-state index in [4.69, 9.17) is 10.5 Å². The smallest absolute Gasteiger partial charge is 0.312 e. The number of hydrogen-bond acceptors (Lipinski definition) is 4. The fraction of sp³-hybridized carbons (Fsp3) is 0.353. The monoisotopic (exact) mass is 330 g/mol. The molecule has 2 rings (SSSR count). The van der Waals surface area contributed by atoms with Crippen molar-refractivity contribution in [3.05, 3.63) is 48.3 Å². The molecule has 1 aromatic heterocycles. The van der Waals surface area contributed by atoms with Gasteiger partial charge in [-0.1, -0.05) is 18.6 Å². The molecule has 0 aliphatic heterocycles. The summed E-state index contributed by atoms with van der Waals surface area (Å²) in [5.41, 5.74) is 6.85. The van der Waals surface area contributed by atoms with Gasteiger partial charge in [0.2, 0.25) is 0 Å². The lowest BCUT2D eigenvalue weighted by Crippen LogP contribution is -2.29. The van der Waals surface area contributed by atoms with Crippen LogP contribution >= 0.6 is 0 Å². The summed E-state index contributed by atoms with van der Waals surface area (Å²) in [5.74, 6) is -0.214. The second-order valence-corrected chi connectivity index (χ2v) is 5.38. The van der Waals surface area contributed by atoms with E-state index in [2.05, 4.69) is 10.4 Å². The summed E-state index contributed by atoms with van der Waals surface area (Å²) in [6, 6.07) is 9.04. The molecule has 1 heterocycles. The van der Waals surface area contributed by atoms with E-state index < -0.39 is 6.03 Å². The number of primary amides is 1. The van der Waals surface area contributed by atoms with Crippen molar-refractivity contribution in [2.75, 3.05) is 6.54 Å². The van der Waals surface area contributed by atoms with Crippen LogP contribution in [0.25, 0.3) is 5.69 Å². The third kappa shape index (κ3) is 6.12. The molecular weight excluding hydrogens is 308 g/mol. The Kier molecular flexibility index (Phi) is 6.82. The minimum absolute atomic E-state index is 0.214. The highest BCUT2D eigenvalue weighted by atomic mass is 16.5. The van der Waals surface area contributed by atoms with Gasteiger partial charge in [0.05, 0.1) is 5.69 Å². The second kappa shape index (κ2) is 9.34. The lowest BCUT2D eigenvalue weighted by Gasteiger charge is -2.07. The maximum Gasteiger partial charge on any atom is 0.312 e. The number of amides is 2. The molecule has 0 bridgehead atoms. The quantitative estimate of drug-likeness (QED) is 0.543. The Morgan fingerprint density at radius 2 is 1.96 bits per heavy atom. The van der Waals surface area contributed by atoms with Crippen molar-refractivity contribution in [1.29, 1.82) is 0 Å². The fourth-order valence-corrected chi connectivity index (χ4v) is 2.19. The van der Waals surface area contributed by atoms with Gasteiger partial charge in [-0.2, -0.15) is 5.10 Å². The Morgan fingerprint density at radius 1 is 1.17 bits per heavy atom. The number of nitrogens with one attached hydrogen (secondary N) is 1. The van der Waals surface area contributed by atoms with Crippen molar-refractivity contribution in [2.24, 2.45) is 5.73 Å². The minimum Gasteiger partial charge on any atom is -0.461 e. The Morgan fingerprint density at radius 3 is 2.62 bits per heavy atom. The third-order valence-electron chi connectivity index (χ3n) is 3.46. The molecule has 24 heavy (non-hydrogen) atoms. The molecule has 0 saturated heterocycles. The highest BCUT2D eigenvalue weighted by molar-refractivity contribution is 5.71. The van der Waals surface area contributed by atoms with E-state index in [1.807, 2.05) is 36.5 Å². The van der Waals surface area contributed by atoms with E-state index in [0.717, 1.165) is 30.5 Å². The SMILES string of the molecule is NC(=O)NCCCCCC(=O)OCc1ccc(-n2cccn2)cc1. The molecule has 0 saturated carbocycles. The molecule has 7 nitrogen and oxygen atoms in total. The first kappa shape index (κ1) is 17.5. The van der Waals surface area contributed by atoms with Crippen molar-refractivity contribution in [1.82, 2.24) is 15.1 Å². The molecule has 0 spiro atoms. The topological polar surface area (TPSA) is 99.2 Å². The van der Waals surface area contributed by atoms with Crippen LogP contribution in [0, 0.1) is 0 Å². The van der Waals surface area contributed by atoms with Gasteiger partial charge in [0.15, 0.2) is 0 Å². The average Bonchev–Trinajstić information content (AvgIpc) is 3.11. The number of hydrogen-bond donors (Lipinski definition) is 2. The first-order valence-electron chi connectivity index (χ1n) is 7.93. The summed E-state index contributed by atoms with van der Waals surface area (Å²) < 4.78 is 7.02. The van der Waals surface area contributed by atoms with Crippen LogP contribution in [0.5, 0.6) is 0 Å². The number of ether oxygens (including phenoxy) is 1. The van der Waals surface area contributed by atoms with E-state index >= 15 is 0 Å². The van der Waals surface area contributed by atoms with Crippen molar-refractivity contribution < 1.29 is 14.3 Å². The Hall–Kier alpha value is -2.83. The van der Waals surface area contributed by atoms with Crippen LogP contribution in [0.15, 0.2) is 42.7 Å². The van der Waals surface area contributed by atoms with Gasteiger partial charge in [-0.25, -0.2) is 9.48 Å². The van der Waals surface area contributed by atoms with Crippen LogP contribution in [-0.2, 0) is 16.1 Å². The molecule has 0 radical (unpaired) electrons. The third-order valence-corrected chi connectivity index (χ3v) is 3.46. The molecule has 2 amide bonds. The summed E-state index contributed by atoms with van der Waals surface area (Å²) >= 11 is 0. The van der Waals surface area contributed by atoms with E-state index in [0.29, 0.717) is 13.0 Å². The maximum atomic E-state index is 11.7. The first-order valence-corrected chi connectivity index (χ1v) is 7.93. The van der Waals surface area contributed by atoms with Gasteiger partial charge < -0.3 is 15.8 Å². The molecule has 128 valence electrons. The number of nitrogens with two attached hydrogens (primary N) is 1. The number of nitrogens with zero attached hydrogens (tertiary/aromatic N) is 2. The van der Waals surface area contributed by atoms with Crippen LogP contribution in [0.4, 0.5) is 4.79 Å². The molecule has 1 aromatic carbocycles. The molecule has 0 fully saturated rings. The number of aromatic nitrogens is 2. The highest BCUT2D eigenvalue weighted by Crippen LogP contribution is 2.10. The van der Waals surface area contributed by atoms with Gasteiger partial charge in [-0.05, 0) is 36.6 Å². The summed E-state index contributed by atoms with van der Waals surface area (Å²) in [5, 5.41) is 6.67. The number of carbonyl (C=O) groups excluding carboxylic acids is 2. The largest absolute Gasteiger partial charge is 0.461 e. The predicted octanol–water partition coefficient (Wildman–Crippen LogP) is 2.14. The number of urea groups is 1. The molecule has 7 heteroatoms. The normalized spacial score (nSPS) is 10.3. The van der Waals surface area contributed by atoms with Crippen LogP contribution in [0.1, 0.15) is 31.2 Å². The van der Waals surface area contributed by atoms with Crippen molar-refractivity contribution >= 4 is 12.0 Å². The van der Waals surface area contributed by atoms with Crippen molar-refractivity contribution in [3.63, 3.8) is 0 Å². The number of rotatable bonds is 9. The molecule has 0 unspecified atom stereocenters. The zero-order valence-corrected chi connectivity index (χ0v) is 13.5. The summed E-state index contributed by atoms with van der Waals surface area (Å²) in [4.78, 5) is 22.2. The lowest BCUT2D eigenvalue weighted by atomic mass is 10.2. The van der Waals surface area contributed by atoms with E-state index in [9.17, 15) is 9.59 Å². The molecule has 0 atom stereocenters. The number of unbranched alkanes of at least 4 members (excludes halogenated alkanes) is 2. The summed E-state index contributed by atoms with van der Waals surface area (Å²) in [7, 11) is 0. The van der Waals surface area contributed by atoms with E-state index in [-0.39, 0.29) is 12.6 Å². The Balaban J connectivity index is 1.62. The van der Waals surface area contributed by atoms with Gasteiger partial charge >= 0.3 is 12.0 Å². The highest BCUT2D eigenvalue weighted by Gasteiger charge is 2.04. The fourth-order valence-electron chi connectivity index (χ4n) is 2.19. The van der Waals surface area contributed by atoms with E-state index in [1.165, 1.54) is 0 Å². The van der Waals surface area contributed by atoms with Crippen molar-refractivity contribution in [3.8, 4) is 5.69 Å². The van der Waals surface area contributed by atoms with Crippen LogP contribution in [0.2, 0.25) is 0 Å². The van der Waals surface area contributed by atoms with Crippen LogP contribution in [-0.4, -0.2) is 28.3 Å². The van der Waals surface area contributed by atoms with Gasteiger partial charge in [-0.15, -0.1) is 0 Å². The predicted molar refractivity (Wildman–Crippen MR) is 89.4 cm³/mol. The molecular formula is C17H22N4O3. The lowest BCUT2D eigenvalue weighted by molar-refractivity contribution is -0.145. The standard InChI is InChI=1S/C17H22N4O3/c18-17(23)19-10-3-1-2-5-16(22)24-13-14-6-8-15(9-7-14)21-12-4-11-20-21/h4,6-9,11-12H,1-3,5,10,13H2,(H3,18,19,23). The molecule has 2 aromatic rings. The Labute approximate surface area is 140 Å². The molecule has 0 aliphatic carbocycles. The molecule has 3 N–H and O–H groups in total. The first-order chi connectivity index (χ1) is 11.6. The number of esters is 1. The molecule has 0 aliphatic rings. The van der Waals surface area contributed by atoms with E-state index in [1.54, 1.807) is 10.9 Å². The zero-order valence-electron chi connectivity index (χ0n) is 13.5. The minimum atomic E-state index is -0.520. The van der Waals surface area contributed by atoms with Crippen LogP contribution < -0.4 is 11.1 Å². The number of carbonyl (C=O) groups is 2. The second-order valence-electron chi connectivity index (χ2n) is 5.38. The summed E-state index contributed by atoms with van der Waals surface area (Å²) in [6.45, 7) is 0.800. The van der Waals surface area contributed by atoms with Gasteiger partial charge in [-0.3, -0.25) is 4.79 Å². The van der Waals surface area contributed by atoms with Gasteiger partial charge in [0.1, 0.15) is 6.61 Å². The van der Waals surface area contributed by atoms with Crippen molar-refractivity contribution in [2.45, 2.75) is 32.3 Å². The van der Waals surface area contributed by atoms with Gasteiger partial charge in [0.25, 0.3) is 0 Å². The Bertz CT molecular complexity index is 638. The summed E-state index contributed by atoms with van der Waals surface area (Å²) in [6.07, 6.45) is 6.34. The average molecular weight is 330 g/mol. The maximum absolute atomic E-state index is 11.7. The number of benzene rings is 1.